The van der Waals surface area contributed by atoms with Gasteiger partial charge in [0.1, 0.15) is 5.69 Å². The third-order valence-corrected chi connectivity index (χ3v) is 4.43. The van der Waals surface area contributed by atoms with Gasteiger partial charge in [0.05, 0.1) is 3.79 Å². The van der Waals surface area contributed by atoms with Gasteiger partial charge in [0.25, 0.3) is 0 Å². The second-order valence-corrected chi connectivity index (χ2v) is 6.91. The zero-order valence-corrected chi connectivity index (χ0v) is 13.1. The summed E-state index contributed by atoms with van der Waals surface area (Å²) in [6, 6.07) is 3.83. The molecule has 0 spiro atoms. The normalized spacial score (nSPS) is 10.8. The fourth-order valence-corrected chi connectivity index (χ4v) is 3.29. The van der Waals surface area contributed by atoms with Gasteiger partial charge in [-0.25, -0.2) is 4.98 Å². The number of thiophene rings is 1. The summed E-state index contributed by atoms with van der Waals surface area (Å²) in [7, 11) is 0. The van der Waals surface area contributed by atoms with Crippen molar-refractivity contribution < 1.29 is 9.59 Å². The molecular formula is C12H9BrN2O2S2. The van der Waals surface area contributed by atoms with Gasteiger partial charge in [0.15, 0.2) is 10.9 Å². The largest absolute Gasteiger partial charge is 0.298 e. The van der Waals surface area contributed by atoms with Gasteiger partial charge in [-0.3, -0.25) is 14.9 Å². The van der Waals surface area contributed by atoms with Crippen molar-refractivity contribution in [1.82, 2.24) is 4.98 Å². The molecule has 7 heteroatoms. The first-order valence-electron chi connectivity index (χ1n) is 5.25. The quantitative estimate of drug-likeness (QED) is 0.669. The highest BCUT2D eigenvalue weighted by atomic mass is 79.9. The van der Waals surface area contributed by atoms with Crippen LogP contribution in [0.1, 0.15) is 22.3 Å². The smallest absolute Gasteiger partial charge is 0.250 e. The molecule has 98 valence electrons. The van der Waals surface area contributed by atoms with Crippen LogP contribution in [0.25, 0.3) is 6.08 Å². The molecule has 2 rings (SSSR count). The molecule has 1 amide bonds. The van der Waals surface area contributed by atoms with Crippen LogP contribution in [0.4, 0.5) is 5.13 Å². The van der Waals surface area contributed by atoms with Crippen molar-refractivity contribution in [2.75, 3.05) is 5.32 Å². The molecule has 0 aliphatic heterocycles. The van der Waals surface area contributed by atoms with E-state index in [1.165, 1.54) is 35.7 Å². The fourth-order valence-electron chi connectivity index (χ4n) is 1.22. The first kappa shape index (κ1) is 14.1. The Morgan fingerprint density at radius 1 is 1.42 bits per heavy atom. The lowest BCUT2D eigenvalue weighted by atomic mass is 10.4. The van der Waals surface area contributed by atoms with E-state index in [-0.39, 0.29) is 11.7 Å². The minimum absolute atomic E-state index is 0.115. The van der Waals surface area contributed by atoms with E-state index in [1.807, 2.05) is 12.1 Å². The number of ketones is 1. The van der Waals surface area contributed by atoms with Gasteiger partial charge < -0.3 is 0 Å². The molecule has 2 aromatic heterocycles. The predicted molar refractivity (Wildman–Crippen MR) is 81.8 cm³/mol. The topological polar surface area (TPSA) is 59.1 Å². The molecule has 0 atom stereocenters. The van der Waals surface area contributed by atoms with Crippen LogP contribution in [0.2, 0.25) is 0 Å². The molecular weight excluding hydrogens is 348 g/mol. The van der Waals surface area contributed by atoms with Crippen LogP contribution in [-0.2, 0) is 4.79 Å². The summed E-state index contributed by atoms with van der Waals surface area (Å²) in [6.45, 7) is 1.44. The van der Waals surface area contributed by atoms with Crippen molar-refractivity contribution >= 4 is 61.5 Å². The molecule has 2 aromatic rings. The van der Waals surface area contributed by atoms with E-state index < -0.39 is 0 Å². The lowest BCUT2D eigenvalue weighted by molar-refractivity contribution is -0.111. The number of hydrogen-bond donors (Lipinski definition) is 1. The Morgan fingerprint density at radius 2 is 2.21 bits per heavy atom. The van der Waals surface area contributed by atoms with E-state index in [2.05, 4.69) is 26.2 Å². The Hall–Kier alpha value is -1.31. The summed E-state index contributed by atoms with van der Waals surface area (Å²) < 4.78 is 1.01. The van der Waals surface area contributed by atoms with Crippen molar-refractivity contribution in [3.63, 3.8) is 0 Å². The van der Waals surface area contributed by atoms with Crippen LogP contribution >= 0.6 is 38.6 Å². The van der Waals surface area contributed by atoms with Gasteiger partial charge in [0, 0.05) is 23.3 Å². The number of Topliss-reactive ketones (excluding diaryl/α,β-unsaturated/α-hetero) is 1. The number of amides is 1. The number of nitrogens with one attached hydrogen (secondary N) is 1. The number of hydrogen-bond acceptors (Lipinski definition) is 5. The second kappa shape index (κ2) is 6.23. The van der Waals surface area contributed by atoms with Gasteiger partial charge in [-0.1, -0.05) is 0 Å². The molecule has 0 radical (unpaired) electrons. The van der Waals surface area contributed by atoms with Crippen LogP contribution in [0.15, 0.2) is 27.4 Å². The van der Waals surface area contributed by atoms with Gasteiger partial charge in [-0.05, 0) is 34.1 Å². The summed E-state index contributed by atoms with van der Waals surface area (Å²) in [5.74, 6) is -0.385. The van der Waals surface area contributed by atoms with Crippen molar-refractivity contribution in [3.05, 3.63) is 37.9 Å². The Labute approximate surface area is 126 Å². The average molecular weight is 357 g/mol. The molecule has 2 heterocycles. The Morgan fingerprint density at radius 3 is 2.79 bits per heavy atom. The highest BCUT2D eigenvalue weighted by molar-refractivity contribution is 9.11. The second-order valence-electron chi connectivity index (χ2n) is 3.56. The maximum absolute atomic E-state index is 11.6. The molecule has 19 heavy (non-hydrogen) atoms. The first-order chi connectivity index (χ1) is 9.04. The standard InChI is InChI=1S/C12H9BrN2O2S2/c1-7(16)9-6-18-12(14-9)15-11(17)5-3-8-2-4-10(13)19-8/h2-6H,1H3,(H,14,15,17)/b5-3+. The number of anilines is 1. The van der Waals surface area contributed by atoms with E-state index in [1.54, 1.807) is 11.5 Å². The third kappa shape index (κ3) is 4.09. The minimum atomic E-state index is -0.269. The zero-order chi connectivity index (χ0) is 13.8. The van der Waals surface area contributed by atoms with E-state index in [0.29, 0.717) is 10.8 Å². The zero-order valence-electron chi connectivity index (χ0n) is 9.84. The van der Waals surface area contributed by atoms with Crippen LogP contribution in [0.5, 0.6) is 0 Å². The van der Waals surface area contributed by atoms with Crippen LogP contribution in [-0.4, -0.2) is 16.7 Å². The summed E-state index contributed by atoms with van der Waals surface area (Å²) in [5, 5.41) is 4.66. The fraction of sp³-hybridized carbons (Fsp3) is 0.0833. The third-order valence-electron chi connectivity index (χ3n) is 2.09. The maximum atomic E-state index is 11.6. The molecule has 4 nitrogen and oxygen atoms in total. The molecule has 1 N–H and O–H groups in total. The predicted octanol–water partition coefficient (Wildman–Crippen LogP) is 3.82. The number of carbonyl (C=O) groups excluding carboxylic acids is 2. The molecule has 0 unspecified atom stereocenters. The molecule has 0 aliphatic rings. The maximum Gasteiger partial charge on any atom is 0.250 e. The molecule has 0 saturated carbocycles. The molecule has 0 bridgehead atoms. The minimum Gasteiger partial charge on any atom is -0.298 e. The Bertz CT molecular complexity index is 646. The monoisotopic (exact) mass is 356 g/mol. The van der Waals surface area contributed by atoms with Crippen molar-refractivity contribution in [2.45, 2.75) is 6.92 Å². The SMILES string of the molecule is CC(=O)c1csc(NC(=O)/C=C/c2ccc(Br)s2)n1. The first-order valence-corrected chi connectivity index (χ1v) is 7.74. The van der Waals surface area contributed by atoms with Gasteiger partial charge in [-0.15, -0.1) is 22.7 Å². The molecule has 0 fully saturated rings. The highest BCUT2D eigenvalue weighted by Crippen LogP contribution is 2.23. The van der Waals surface area contributed by atoms with Crippen molar-refractivity contribution in [2.24, 2.45) is 0 Å². The average Bonchev–Trinajstić information content (AvgIpc) is 2.96. The number of aromatic nitrogens is 1. The van der Waals surface area contributed by atoms with E-state index in [9.17, 15) is 9.59 Å². The summed E-state index contributed by atoms with van der Waals surface area (Å²) in [4.78, 5) is 27.7. The van der Waals surface area contributed by atoms with Crippen molar-refractivity contribution in [1.29, 1.82) is 0 Å². The van der Waals surface area contributed by atoms with Crippen LogP contribution in [0.3, 0.4) is 0 Å². The van der Waals surface area contributed by atoms with Crippen molar-refractivity contribution in [3.8, 4) is 0 Å². The number of carbonyl (C=O) groups is 2. The lowest BCUT2D eigenvalue weighted by Gasteiger charge is -1.94. The number of halogens is 1. The molecule has 0 saturated heterocycles. The molecule has 0 aromatic carbocycles. The summed E-state index contributed by atoms with van der Waals surface area (Å²) in [6.07, 6.45) is 3.16. The number of nitrogens with zero attached hydrogens (tertiary/aromatic N) is 1. The summed E-state index contributed by atoms with van der Waals surface area (Å²) >= 11 is 6.12. The summed E-state index contributed by atoms with van der Waals surface area (Å²) in [5.41, 5.74) is 0.367. The van der Waals surface area contributed by atoms with Crippen LogP contribution in [0, 0.1) is 0 Å². The number of thiazole rings is 1. The highest BCUT2D eigenvalue weighted by Gasteiger charge is 2.07. The number of rotatable bonds is 4. The van der Waals surface area contributed by atoms with Gasteiger partial charge in [-0.2, -0.15) is 0 Å². The molecule has 0 aliphatic carbocycles. The van der Waals surface area contributed by atoms with E-state index >= 15 is 0 Å². The Kier molecular flexibility index (Phi) is 4.62. The van der Waals surface area contributed by atoms with E-state index in [4.69, 9.17) is 0 Å². The van der Waals surface area contributed by atoms with Gasteiger partial charge >= 0.3 is 0 Å². The Balaban J connectivity index is 1.97. The van der Waals surface area contributed by atoms with Gasteiger partial charge in [0.2, 0.25) is 5.91 Å². The van der Waals surface area contributed by atoms with Crippen LogP contribution < -0.4 is 5.32 Å². The lowest BCUT2D eigenvalue weighted by Crippen LogP contribution is -2.07. The van der Waals surface area contributed by atoms with E-state index in [0.717, 1.165) is 8.66 Å².